The summed E-state index contributed by atoms with van der Waals surface area (Å²) >= 11 is 11.9. The first kappa shape index (κ1) is 24.3. The third kappa shape index (κ3) is 5.91. The molecular weight excluding hydrogens is 456 g/mol. The zero-order valence-corrected chi connectivity index (χ0v) is 19.5. The van der Waals surface area contributed by atoms with E-state index in [9.17, 15) is 19.1 Å². The molecule has 2 N–H and O–H groups in total. The van der Waals surface area contributed by atoms with Gasteiger partial charge >= 0.3 is 6.03 Å². The highest BCUT2D eigenvalue weighted by Gasteiger charge is 2.36. The van der Waals surface area contributed by atoms with Crippen LogP contribution in [0.25, 0.3) is 0 Å². The smallest absolute Gasteiger partial charge is 0.321 e. The molecule has 2 aromatic rings. The third-order valence-electron chi connectivity index (χ3n) is 5.67. The van der Waals surface area contributed by atoms with Gasteiger partial charge in [-0.1, -0.05) is 29.3 Å². The van der Waals surface area contributed by atoms with E-state index < -0.39 is 11.4 Å². The molecule has 1 saturated heterocycles. The summed E-state index contributed by atoms with van der Waals surface area (Å²) in [6, 6.07) is 8.83. The van der Waals surface area contributed by atoms with E-state index in [0.717, 1.165) is 0 Å². The predicted molar refractivity (Wildman–Crippen MR) is 124 cm³/mol. The van der Waals surface area contributed by atoms with Crippen LogP contribution < -0.4 is 5.32 Å². The second kappa shape index (κ2) is 10.1. The number of nitrogens with one attached hydrogen (secondary N) is 1. The lowest BCUT2D eigenvalue weighted by molar-refractivity contribution is -0.0323. The van der Waals surface area contributed by atoms with Gasteiger partial charge in [0, 0.05) is 47.5 Å². The van der Waals surface area contributed by atoms with Gasteiger partial charge in [0.05, 0.1) is 5.60 Å². The summed E-state index contributed by atoms with van der Waals surface area (Å²) in [4.78, 5) is 28.5. The number of halogens is 3. The van der Waals surface area contributed by atoms with E-state index in [4.69, 9.17) is 23.2 Å². The van der Waals surface area contributed by atoms with Crippen LogP contribution >= 0.6 is 23.2 Å². The van der Waals surface area contributed by atoms with Crippen LogP contribution in [0.1, 0.15) is 35.7 Å². The number of aryl methyl sites for hydroxylation is 1. The third-order valence-corrected chi connectivity index (χ3v) is 6.10. The number of anilines is 1. The molecule has 172 valence electrons. The number of hydrogen-bond donors (Lipinski definition) is 2. The van der Waals surface area contributed by atoms with Crippen molar-refractivity contribution in [2.24, 2.45) is 0 Å². The standard InChI is InChI=1S/C23H26Cl2FN3O3/c1-3-28(21(30)16-5-4-15(2)20(26)10-16)14-23(32)6-8-29(9-7-23)22(31)27-19-12-17(24)11-18(25)13-19/h4-5,10-13,32H,3,6-9,14H2,1-2H3,(H,27,31). The second-order valence-corrected chi connectivity index (χ2v) is 8.96. The molecule has 6 nitrogen and oxygen atoms in total. The molecule has 0 spiro atoms. The van der Waals surface area contributed by atoms with Gasteiger partial charge in [-0.2, -0.15) is 0 Å². The van der Waals surface area contributed by atoms with Crippen molar-refractivity contribution < 1.29 is 19.1 Å². The summed E-state index contributed by atoms with van der Waals surface area (Å²) in [5, 5.41) is 14.7. The highest BCUT2D eigenvalue weighted by molar-refractivity contribution is 6.35. The molecule has 1 aliphatic rings. The van der Waals surface area contributed by atoms with Gasteiger partial charge in [0.1, 0.15) is 5.82 Å². The number of likely N-dealkylation sites (tertiary alicyclic amines) is 1. The summed E-state index contributed by atoms with van der Waals surface area (Å²) in [6.45, 7) is 4.57. The Balaban J connectivity index is 1.59. The average Bonchev–Trinajstić information content (AvgIpc) is 2.73. The average molecular weight is 482 g/mol. The second-order valence-electron chi connectivity index (χ2n) is 8.08. The molecule has 9 heteroatoms. The molecule has 0 unspecified atom stereocenters. The van der Waals surface area contributed by atoms with Crippen LogP contribution in [0.5, 0.6) is 0 Å². The summed E-state index contributed by atoms with van der Waals surface area (Å²) in [7, 11) is 0. The first-order valence-electron chi connectivity index (χ1n) is 10.4. The van der Waals surface area contributed by atoms with E-state index >= 15 is 0 Å². The lowest BCUT2D eigenvalue weighted by atomic mass is 9.90. The Morgan fingerprint density at radius 1 is 1.16 bits per heavy atom. The van der Waals surface area contributed by atoms with Gasteiger partial charge in [0.2, 0.25) is 0 Å². The molecule has 3 amide bonds. The zero-order valence-electron chi connectivity index (χ0n) is 18.0. The summed E-state index contributed by atoms with van der Waals surface area (Å²) in [6.07, 6.45) is 0.617. The quantitative estimate of drug-likeness (QED) is 0.633. The van der Waals surface area contributed by atoms with Crippen molar-refractivity contribution in [1.29, 1.82) is 0 Å². The number of aliphatic hydroxyl groups is 1. The lowest BCUT2D eigenvalue weighted by Gasteiger charge is -2.40. The molecule has 1 fully saturated rings. The molecular formula is C23H26Cl2FN3O3. The van der Waals surface area contributed by atoms with E-state index in [1.54, 1.807) is 42.2 Å². The molecule has 1 heterocycles. The van der Waals surface area contributed by atoms with Crippen molar-refractivity contribution in [3.63, 3.8) is 0 Å². The number of piperidine rings is 1. The van der Waals surface area contributed by atoms with Gasteiger partial charge in [-0.3, -0.25) is 4.79 Å². The van der Waals surface area contributed by atoms with Crippen LogP contribution in [-0.2, 0) is 0 Å². The van der Waals surface area contributed by atoms with E-state index in [1.807, 2.05) is 6.92 Å². The summed E-state index contributed by atoms with van der Waals surface area (Å²) < 4.78 is 13.9. The van der Waals surface area contributed by atoms with Crippen LogP contribution in [0.3, 0.4) is 0 Å². The normalized spacial score (nSPS) is 15.4. The van der Waals surface area contributed by atoms with E-state index in [0.29, 0.717) is 53.8 Å². The highest BCUT2D eigenvalue weighted by atomic mass is 35.5. The van der Waals surface area contributed by atoms with E-state index in [2.05, 4.69) is 5.32 Å². The maximum Gasteiger partial charge on any atom is 0.321 e. The number of carbonyl (C=O) groups is 2. The Hall–Kier alpha value is -2.35. The van der Waals surface area contributed by atoms with Crippen LogP contribution in [0, 0.1) is 12.7 Å². The monoisotopic (exact) mass is 481 g/mol. The van der Waals surface area contributed by atoms with Crippen LogP contribution in [0.4, 0.5) is 14.9 Å². The minimum Gasteiger partial charge on any atom is -0.388 e. The van der Waals surface area contributed by atoms with Gasteiger partial charge in [-0.25, -0.2) is 9.18 Å². The molecule has 0 aliphatic carbocycles. The Bertz CT molecular complexity index is 990. The fourth-order valence-corrected chi connectivity index (χ4v) is 4.23. The van der Waals surface area contributed by atoms with Crippen LogP contribution in [0.15, 0.2) is 36.4 Å². The Kier molecular flexibility index (Phi) is 7.64. The number of carbonyl (C=O) groups excluding carboxylic acids is 2. The van der Waals surface area contributed by atoms with Crippen molar-refractivity contribution in [2.75, 3.05) is 31.5 Å². The van der Waals surface area contributed by atoms with Crippen molar-refractivity contribution in [1.82, 2.24) is 9.80 Å². The van der Waals surface area contributed by atoms with Gasteiger partial charge < -0.3 is 20.2 Å². The first-order chi connectivity index (χ1) is 15.1. The molecule has 32 heavy (non-hydrogen) atoms. The molecule has 0 radical (unpaired) electrons. The predicted octanol–water partition coefficient (Wildman–Crippen LogP) is 4.96. The number of benzene rings is 2. The van der Waals surface area contributed by atoms with Crippen molar-refractivity contribution in [3.8, 4) is 0 Å². The van der Waals surface area contributed by atoms with Crippen molar-refractivity contribution in [3.05, 3.63) is 63.4 Å². The van der Waals surface area contributed by atoms with Gasteiger partial charge in [-0.15, -0.1) is 0 Å². The molecule has 0 atom stereocenters. The van der Waals surface area contributed by atoms with Crippen LogP contribution in [0.2, 0.25) is 10.0 Å². The molecule has 0 bridgehead atoms. The Morgan fingerprint density at radius 2 is 1.78 bits per heavy atom. The first-order valence-corrected chi connectivity index (χ1v) is 11.2. The maximum atomic E-state index is 13.9. The largest absolute Gasteiger partial charge is 0.388 e. The summed E-state index contributed by atoms with van der Waals surface area (Å²) in [5.74, 6) is -0.774. The van der Waals surface area contributed by atoms with Gasteiger partial charge in [-0.05, 0) is 62.6 Å². The number of amides is 3. The SMILES string of the molecule is CCN(CC1(O)CCN(C(=O)Nc2cc(Cl)cc(Cl)c2)CC1)C(=O)c1ccc(C)c(F)c1. The number of nitrogens with zero attached hydrogens (tertiary/aromatic N) is 2. The fourth-order valence-electron chi connectivity index (χ4n) is 3.70. The van der Waals surface area contributed by atoms with E-state index in [1.165, 1.54) is 11.0 Å². The van der Waals surface area contributed by atoms with Crippen molar-refractivity contribution in [2.45, 2.75) is 32.3 Å². The molecule has 0 saturated carbocycles. The minimum absolute atomic E-state index is 0.108. The highest BCUT2D eigenvalue weighted by Crippen LogP contribution is 2.26. The van der Waals surface area contributed by atoms with E-state index in [-0.39, 0.29) is 24.0 Å². The summed E-state index contributed by atoms with van der Waals surface area (Å²) in [5.41, 5.74) is 0.0660. The van der Waals surface area contributed by atoms with Crippen molar-refractivity contribution >= 4 is 40.8 Å². The topological polar surface area (TPSA) is 72.9 Å². The Morgan fingerprint density at radius 3 is 2.34 bits per heavy atom. The number of urea groups is 1. The molecule has 1 aliphatic heterocycles. The molecule has 3 rings (SSSR count). The minimum atomic E-state index is -1.13. The number of likely N-dealkylation sites (N-methyl/N-ethyl adjacent to an activating group) is 1. The lowest BCUT2D eigenvalue weighted by Crippen LogP contribution is -2.53. The molecule has 0 aromatic heterocycles. The number of hydrogen-bond acceptors (Lipinski definition) is 3. The van der Waals surface area contributed by atoms with Gasteiger partial charge in [0.25, 0.3) is 5.91 Å². The zero-order chi connectivity index (χ0) is 23.5. The van der Waals surface area contributed by atoms with Gasteiger partial charge in [0.15, 0.2) is 0 Å². The maximum absolute atomic E-state index is 13.9. The van der Waals surface area contributed by atoms with Crippen LogP contribution in [-0.4, -0.2) is 58.6 Å². The fraction of sp³-hybridized carbons (Fsp3) is 0.391. The Labute approximate surface area is 196 Å². The number of rotatable bonds is 5. The molecule has 2 aromatic carbocycles.